The minimum absolute atomic E-state index is 0.0721. The van der Waals surface area contributed by atoms with Crippen molar-refractivity contribution in [2.24, 2.45) is 0 Å². The molecule has 0 aliphatic carbocycles. The molecule has 0 amide bonds. The summed E-state index contributed by atoms with van der Waals surface area (Å²) >= 11 is 1.10. The monoisotopic (exact) mass is 308 g/mol. The van der Waals surface area contributed by atoms with Crippen molar-refractivity contribution in [2.45, 2.75) is 18.1 Å². The fourth-order valence-corrected chi connectivity index (χ4v) is 2.50. The number of aliphatic carboxylic acids is 1. The second kappa shape index (κ2) is 6.98. The van der Waals surface area contributed by atoms with Crippen molar-refractivity contribution in [1.29, 1.82) is 0 Å². The number of hydrogen-bond acceptors (Lipinski definition) is 6. The summed E-state index contributed by atoms with van der Waals surface area (Å²) < 4.78 is 6.89. The summed E-state index contributed by atoms with van der Waals surface area (Å²) in [6.45, 7) is 0.577. The number of carboxylic acids is 1. The number of methoxy groups -OCH3 is 1. The molecule has 7 nitrogen and oxygen atoms in total. The smallest absolute Gasteiger partial charge is 0.313 e. The lowest BCUT2D eigenvalue weighted by molar-refractivity contribution is -0.133. The predicted octanol–water partition coefficient (Wildman–Crippen LogP) is 1.29. The van der Waals surface area contributed by atoms with Crippen LogP contribution in [-0.2, 0) is 17.8 Å². The Morgan fingerprint density at radius 1 is 1.48 bits per heavy atom. The van der Waals surface area contributed by atoms with Crippen molar-refractivity contribution in [3.05, 3.63) is 29.8 Å². The third-order valence-corrected chi connectivity index (χ3v) is 3.78. The fraction of sp³-hybridized carbons (Fsp3) is 0.308. The van der Waals surface area contributed by atoms with Crippen LogP contribution >= 0.6 is 11.8 Å². The molecule has 0 fully saturated rings. The Balaban J connectivity index is 2.05. The minimum atomic E-state index is -0.902. The van der Waals surface area contributed by atoms with Crippen LogP contribution in [0.2, 0.25) is 0 Å². The number of nitrogens with two attached hydrogens (primary N) is 1. The topological polar surface area (TPSA) is 103 Å². The Kier molecular flexibility index (Phi) is 5.04. The molecule has 0 atom stereocenters. The summed E-state index contributed by atoms with van der Waals surface area (Å²) in [6, 6.07) is 7.74. The molecule has 112 valence electrons. The SMILES string of the molecule is COc1cccc(CCn2c(N)nnc2SCC(=O)O)c1. The van der Waals surface area contributed by atoms with Gasteiger partial charge < -0.3 is 15.6 Å². The molecule has 21 heavy (non-hydrogen) atoms. The average molecular weight is 308 g/mol. The number of aromatic nitrogens is 3. The Morgan fingerprint density at radius 3 is 3.00 bits per heavy atom. The third-order valence-electron chi connectivity index (χ3n) is 2.83. The molecule has 8 heteroatoms. The van der Waals surface area contributed by atoms with Crippen LogP contribution in [0.25, 0.3) is 0 Å². The molecule has 3 N–H and O–H groups in total. The molecule has 0 aliphatic rings. The van der Waals surface area contributed by atoms with Gasteiger partial charge in [0.15, 0.2) is 5.16 Å². The van der Waals surface area contributed by atoms with Gasteiger partial charge in [-0.2, -0.15) is 0 Å². The van der Waals surface area contributed by atoms with Gasteiger partial charge in [0.1, 0.15) is 5.75 Å². The van der Waals surface area contributed by atoms with Crippen LogP contribution in [0.4, 0.5) is 5.95 Å². The van der Waals surface area contributed by atoms with Crippen LogP contribution in [0.3, 0.4) is 0 Å². The second-order valence-corrected chi connectivity index (χ2v) is 5.22. The Labute approximate surface area is 126 Å². The number of carbonyl (C=O) groups is 1. The summed E-state index contributed by atoms with van der Waals surface area (Å²) in [5.41, 5.74) is 6.87. The van der Waals surface area contributed by atoms with E-state index in [1.807, 2.05) is 24.3 Å². The van der Waals surface area contributed by atoms with Gasteiger partial charge >= 0.3 is 5.97 Å². The first-order valence-electron chi connectivity index (χ1n) is 6.26. The molecule has 0 bridgehead atoms. The molecule has 0 radical (unpaired) electrons. The molecule has 0 saturated carbocycles. The largest absolute Gasteiger partial charge is 0.497 e. The first-order chi connectivity index (χ1) is 10.1. The zero-order valence-electron chi connectivity index (χ0n) is 11.5. The Morgan fingerprint density at radius 2 is 2.29 bits per heavy atom. The summed E-state index contributed by atoms with van der Waals surface area (Å²) in [5, 5.41) is 16.9. The van der Waals surface area contributed by atoms with Gasteiger partial charge in [0.05, 0.1) is 12.9 Å². The van der Waals surface area contributed by atoms with E-state index in [0.717, 1.165) is 29.5 Å². The van der Waals surface area contributed by atoms with Crippen LogP contribution in [0.1, 0.15) is 5.56 Å². The average Bonchev–Trinajstić information content (AvgIpc) is 2.83. The van der Waals surface area contributed by atoms with E-state index in [4.69, 9.17) is 15.6 Å². The number of hydrogen-bond donors (Lipinski definition) is 2. The molecule has 1 heterocycles. The summed E-state index contributed by atoms with van der Waals surface area (Å²) in [4.78, 5) is 10.6. The number of carboxylic acid groups (broad SMARTS) is 1. The number of ether oxygens (including phenoxy) is 1. The maximum atomic E-state index is 10.6. The van der Waals surface area contributed by atoms with E-state index in [1.54, 1.807) is 11.7 Å². The maximum Gasteiger partial charge on any atom is 0.313 e. The molecule has 1 aromatic heterocycles. The van der Waals surface area contributed by atoms with Gasteiger partial charge in [0, 0.05) is 6.54 Å². The first-order valence-corrected chi connectivity index (χ1v) is 7.25. The van der Waals surface area contributed by atoms with Crippen LogP contribution in [-0.4, -0.2) is 38.7 Å². The molecular weight excluding hydrogens is 292 g/mol. The van der Waals surface area contributed by atoms with E-state index < -0.39 is 5.97 Å². The standard InChI is InChI=1S/C13H16N4O3S/c1-20-10-4-2-3-9(7-10)5-6-17-12(14)15-16-13(17)21-8-11(18)19/h2-4,7H,5-6,8H2,1H3,(H2,14,15)(H,18,19). The lowest BCUT2D eigenvalue weighted by Crippen LogP contribution is -2.08. The molecular formula is C13H16N4O3S. The van der Waals surface area contributed by atoms with Gasteiger partial charge in [-0.15, -0.1) is 10.2 Å². The van der Waals surface area contributed by atoms with Gasteiger partial charge in [-0.3, -0.25) is 9.36 Å². The zero-order valence-corrected chi connectivity index (χ0v) is 12.3. The van der Waals surface area contributed by atoms with E-state index in [0.29, 0.717) is 11.7 Å². The molecule has 0 unspecified atom stereocenters. The van der Waals surface area contributed by atoms with Gasteiger partial charge in [0.25, 0.3) is 0 Å². The fourth-order valence-electron chi connectivity index (χ4n) is 1.81. The predicted molar refractivity (Wildman–Crippen MR) is 79.5 cm³/mol. The van der Waals surface area contributed by atoms with Crippen LogP contribution < -0.4 is 10.5 Å². The van der Waals surface area contributed by atoms with E-state index in [9.17, 15) is 4.79 Å². The van der Waals surface area contributed by atoms with Crippen molar-refractivity contribution < 1.29 is 14.6 Å². The number of anilines is 1. The second-order valence-electron chi connectivity index (χ2n) is 4.28. The lowest BCUT2D eigenvalue weighted by atomic mass is 10.1. The maximum absolute atomic E-state index is 10.6. The summed E-state index contributed by atoms with van der Waals surface area (Å²) in [7, 11) is 1.62. The summed E-state index contributed by atoms with van der Waals surface area (Å²) in [5.74, 6) is 0.105. The van der Waals surface area contributed by atoms with E-state index in [-0.39, 0.29) is 11.7 Å². The molecule has 0 aliphatic heterocycles. The molecule has 0 spiro atoms. The van der Waals surface area contributed by atoms with Crippen LogP contribution in [0.15, 0.2) is 29.4 Å². The summed E-state index contributed by atoms with van der Waals surface area (Å²) in [6.07, 6.45) is 0.722. The van der Waals surface area contributed by atoms with Crippen LogP contribution in [0, 0.1) is 0 Å². The normalized spacial score (nSPS) is 10.5. The molecule has 1 aromatic carbocycles. The third kappa shape index (κ3) is 4.12. The highest BCUT2D eigenvalue weighted by atomic mass is 32.2. The number of nitrogen functional groups attached to an aromatic ring is 1. The lowest BCUT2D eigenvalue weighted by Gasteiger charge is -2.08. The van der Waals surface area contributed by atoms with E-state index in [2.05, 4.69) is 10.2 Å². The number of rotatable bonds is 7. The highest BCUT2D eigenvalue weighted by Gasteiger charge is 2.11. The number of benzene rings is 1. The van der Waals surface area contributed by atoms with Gasteiger partial charge in [0.2, 0.25) is 5.95 Å². The van der Waals surface area contributed by atoms with E-state index >= 15 is 0 Å². The molecule has 0 saturated heterocycles. The van der Waals surface area contributed by atoms with Crippen molar-refractivity contribution >= 4 is 23.7 Å². The van der Waals surface area contributed by atoms with Gasteiger partial charge in [-0.05, 0) is 24.1 Å². The minimum Gasteiger partial charge on any atom is -0.497 e. The van der Waals surface area contributed by atoms with E-state index in [1.165, 1.54) is 0 Å². The highest BCUT2D eigenvalue weighted by Crippen LogP contribution is 2.19. The molecule has 2 rings (SSSR count). The van der Waals surface area contributed by atoms with Crippen molar-refractivity contribution in [1.82, 2.24) is 14.8 Å². The zero-order chi connectivity index (χ0) is 15.2. The highest BCUT2D eigenvalue weighted by molar-refractivity contribution is 7.99. The van der Waals surface area contributed by atoms with Crippen LogP contribution in [0.5, 0.6) is 5.75 Å². The van der Waals surface area contributed by atoms with Crippen molar-refractivity contribution in [2.75, 3.05) is 18.6 Å². The van der Waals surface area contributed by atoms with Crippen molar-refractivity contribution in [3.8, 4) is 5.75 Å². The quantitative estimate of drug-likeness (QED) is 0.743. The first kappa shape index (κ1) is 15.2. The number of thioether (sulfide) groups is 1. The number of aryl methyl sites for hydroxylation is 1. The van der Waals surface area contributed by atoms with Crippen molar-refractivity contribution in [3.63, 3.8) is 0 Å². The van der Waals surface area contributed by atoms with Gasteiger partial charge in [-0.1, -0.05) is 23.9 Å². The van der Waals surface area contributed by atoms with Gasteiger partial charge in [-0.25, -0.2) is 0 Å². The Hall–Kier alpha value is -2.22. The molecule has 2 aromatic rings. The number of nitrogens with zero attached hydrogens (tertiary/aromatic N) is 3. The Bertz CT molecular complexity index is 630.